The van der Waals surface area contributed by atoms with Crippen LogP contribution in [0.2, 0.25) is 0 Å². The van der Waals surface area contributed by atoms with Gasteiger partial charge in [0.2, 0.25) is 5.91 Å². The zero-order valence-electron chi connectivity index (χ0n) is 12.5. The lowest BCUT2D eigenvalue weighted by molar-refractivity contribution is -0.125. The van der Waals surface area contributed by atoms with E-state index < -0.39 is 5.60 Å². The Bertz CT molecular complexity index is 323. The molecule has 1 N–H and O–H groups in total. The van der Waals surface area contributed by atoms with Crippen LogP contribution in [-0.2, 0) is 9.53 Å². The number of hydrogen-bond acceptors (Lipinski definition) is 3. The Balaban J connectivity index is 2.53. The molecule has 5 heteroatoms. The van der Waals surface area contributed by atoms with Crippen LogP contribution in [0.25, 0.3) is 0 Å². The summed E-state index contributed by atoms with van der Waals surface area (Å²) in [4.78, 5) is 25.6. The van der Waals surface area contributed by atoms with E-state index in [1.165, 1.54) is 0 Å². The molecule has 1 aliphatic rings. The molecule has 1 fully saturated rings. The molecule has 0 bridgehead atoms. The van der Waals surface area contributed by atoms with E-state index in [2.05, 4.69) is 12.2 Å². The molecule has 0 spiro atoms. The number of rotatable bonds is 4. The van der Waals surface area contributed by atoms with E-state index in [-0.39, 0.29) is 18.0 Å². The van der Waals surface area contributed by atoms with Crippen molar-refractivity contribution in [2.75, 3.05) is 13.1 Å². The fourth-order valence-electron chi connectivity index (χ4n) is 2.08. The van der Waals surface area contributed by atoms with E-state index in [0.717, 1.165) is 25.7 Å². The molecule has 1 heterocycles. The van der Waals surface area contributed by atoms with Crippen LogP contribution < -0.4 is 5.32 Å². The summed E-state index contributed by atoms with van der Waals surface area (Å²) in [5.74, 6) is -0.0585. The van der Waals surface area contributed by atoms with Crippen molar-refractivity contribution in [3.8, 4) is 0 Å². The molecule has 5 nitrogen and oxygen atoms in total. The van der Waals surface area contributed by atoms with Gasteiger partial charge in [-0.25, -0.2) is 4.79 Å². The number of unbranched alkanes of at least 4 members (excludes halogenated alkanes) is 1. The van der Waals surface area contributed by atoms with Crippen molar-refractivity contribution in [1.82, 2.24) is 10.2 Å². The minimum absolute atomic E-state index is 0.0585. The minimum atomic E-state index is -0.525. The molecule has 0 unspecified atom stereocenters. The first-order valence-corrected chi connectivity index (χ1v) is 7.12. The molecule has 0 aliphatic carbocycles. The van der Waals surface area contributed by atoms with Gasteiger partial charge in [-0.05, 0) is 40.0 Å². The van der Waals surface area contributed by atoms with Crippen LogP contribution >= 0.6 is 0 Å². The van der Waals surface area contributed by atoms with Crippen LogP contribution in [0.3, 0.4) is 0 Å². The first-order valence-electron chi connectivity index (χ1n) is 7.12. The van der Waals surface area contributed by atoms with Gasteiger partial charge in [-0.1, -0.05) is 13.3 Å². The summed E-state index contributed by atoms with van der Waals surface area (Å²) in [5, 5.41) is 2.88. The molecular formula is C14H26N2O3. The van der Waals surface area contributed by atoms with Crippen molar-refractivity contribution in [3.05, 3.63) is 0 Å². The third kappa shape index (κ3) is 5.09. The zero-order valence-corrected chi connectivity index (χ0v) is 12.5. The molecule has 1 aliphatic heterocycles. The van der Waals surface area contributed by atoms with Gasteiger partial charge in [0.15, 0.2) is 0 Å². The van der Waals surface area contributed by atoms with Crippen molar-refractivity contribution in [2.45, 2.75) is 65.0 Å². The van der Waals surface area contributed by atoms with Gasteiger partial charge in [-0.15, -0.1) is 0 Å². The van der Waals surface area contributed by atoms with Gasteiger partial charge in [0.1, 0.15) is 11.6 Å². The van der Waals surface area contributed by atoms with E-state index in [1.807, 2.05) is 20.8 Å². The third-order valence-corrected chi connectivity index (χ3v) is 3.01. The van der Waals surface area contributed by atoms with Crippen molar-refractivity contribution in [1.29, 1.82) is 0 Å². The number of amides is 2. The quantitative estimate of drug-likeness (QED) is 0.797. The summed E-state index contributed by atoms with van der Waals surface area (Å²) in [6.07, 6.45) is 3.19. The topological polar surface area (TPSA) is 58.6 Å². The number of nitrogens with zero attached hydrogens (tertiary/aromatic N) is 1. The van der Waals surface area contributed by atoms with Crippen LogP contribution in [0.1, 0.15) is 53.4 Å². The van der Waals surface area contributed by atoms with Crippen LogP contribution in [-0.4, -0.2) is 41.6 Å². The molecule has 0 aromatic carbocycles. The Morgan fingerprint density at radius 2 is 2.05 bits per heavy atom. The molecule has 0 saturated carbocycles. The number of hydrogen-bond donors (Lipinski definition) is 1. The second-order valence-corrected chi connectivity index (χ2v) is 5.98. The van der Waals surface area contributed by atoms with E-state index in [9.17, 15) is 9.59 Å². The predicted octanol–water partition coefficient (Wildman–Crippen LogP) is 2.30. The van der Waals surface area contributed by atoms with E-state index >= 15 is 0 Å². The molecule has 1 saturated heterocycles. The van der Waals surface area contributed by atoms with E-state index in [4.69, 9.17) is 4.74 Å². The Kier molecular flexibility index (Phi) is 5.63. The minimum Gasteiger partial charge on any atom is -0.444 e. The molecule has 1 rings (SSSR count). The van der Waals surface area contributed by atoms with Gasteiger partial charge < -0.3 is 10.1 Å². The third-order valence-electron chi connectivity index (χ3n) is 3.01. The highest BCUT2D eigenvalue weighted by Crippen LogP contribution is 2.20. The summed E-state index contributed by atoms with van der Waals surface area (Å²) < 4.78 is 5.33. The smallest absolute Gasteiger partial charge is 0.410 e. The first-order chi connectivity index (χ1) is 8.85. The van der Waals surface area contributed by atoms with Gasteiger partial charge >= 0.3 is 6.09 Å². The standard InChI is InChI=1S/C14H26N2O3/c1-5-6-9-15-12(17)11-8-7-10-16(11)13(18)19-14(2,3)4/h11H,5-10H2,1-4H3,(H,15,17)/t11-/m1/s1. The Labute approximate surface area is 115 Å². The molecule has 0 radical (unpaired) electrons. The maximum Gasteiger partial charge on any atom is 0.410 e. The SMILES string of the molecule is CCCCNC(=O)[C@H]1CCCN1C(=O)OC(C)(C)C. The Morgan fingerprint density at radius 1 is 1.37 bits per heavy atom. The summed E-state index contributed by atoms with van der Waals surface area (Å²) in [5.41, 5.74) is -0.525. The lowest BCUT2D eigenvalue weighted by Gasteiger charge is -2.28. The summed E-state index contributed by atoms with van der Waals surface area (Å²) in [6, 6.07) is -0.369. The number of likely N-dealkylation sites (tertiary alicyclic amines) is 1. The normalized spacial score (nSPS) is 19.4. The number of ether oxygens (including phenoxy) is 1. The highest BCUT2D eigenvalue weighted by atomic mass is 16.6. The molecule has 0 aromatic heterocycles. The highest BCUT2D eigenvalue weighted by molar-refractivity contribution is 5.86. The number of carbonyl (C=O) groups is 2. The highest BCUT2D eigenvalue weighted by Gasteiger charge is 2.36. The zero-order chi connectivity index (χ0) is 14.5. The monoisotopic (exact) mass is 270 g/mol. The van der Waals surface area contributed by atoms with Crippen molar-refractivity contribution >= 4 is 12.0 Å². The van der Waals surface area contributed by atoms with Gasteiger partial charge in [0.05, 0.1) is 0 Å². The van der Waals surface area contributed by atoms with Crippen LogP contribution in [0.4, 0.5) is 4.79 Å². The molecule has 110 valence electrons. The van der Waals surface area contributed by atoms with Gasteiger partial charge in [-0.2, -0.15) is 0 Å². The summed E-state index contributed by atoms with van der Waals surface area (Å²) in [7, 11) is 0. The van der Waals surface area contributed by atoms with Crippen LogP contribution in [0.5, 0.6) is 0 Å². The summed E-state index contributed by atoms with van der Waals surface area (Å²) >= 11 is 0. The average molecular weight is 270 g/mol. The van der Waals surface area contributed by atoms with E-state index in [1.54, 1.807) is 4.90 Å². The van der Waals surface area contributed by atoms with Crippen LogP contribution in [0, 0.1) is 0 Å². The van der Waals surface area contributed by atoms with Crippen molar-refractivity contribution in [2.24, 2.45) is 0 Å². The second-order valence-electron chi connectivity index (χ2n) is 5.98. The van der Waals surface area contributed by atoms with Crippen LogP contribution in [0.15, 0.2) is 0 Å². The summed E-state index contributed by atoms with van der Waals surface area (Å²) in [6.45, 7) is 8.84. The Hall–Kier alpha value is -1.26. The van der Waals surface area contributed by atoms with E-state index in [0.29, 0.717) is 13.1 Å². The van der Waals surface area contributed by atoms with Crippen molar-refractivity contribution < 1.29 is 14.3 Å². The van der Waals surface area contributed by atoms with Gasteiger partial charge in [0, 0.05) is 13.1 Å². The second kappa shape index (κ2) is 6.78. The average Bonchev–Trinajstić information content (AvgIpc) is 2.75. The first kappa shape index (κ1) is 15.8. The predicted molar refractivity (Wildman–Crippen MR) is 73.9 cm³/mol. The Morgan fingerprint density at radius 3 is 2.63 bits per heavy atom. The van der Waals surface area contributed by atoms with Crippen molar-refractivity contribution in [3.63, 3.8) is 0 Å². The number of nitrogens with one attached hydrogen (secondary N) is 1. The fraction of sp³-hybridized carbons (Fsp3) is 0.857. The largest absolute Gasteiger partial charge is 0.444 e. The van der Waals surface area contributed by atoms with Gasteiger partial charge in [0.25, 0.3) is 0 Å². The maximum absolute atomic E-state index is 12.0. The molecule has 19 heavy (non-hydrogen) atoms. The molecule has 1 atom stereocenters. The maximum atomic E-state index is 12.0. The van der Waals surface area contributed by atoms with Gasteiger partial charge in [-0.3, -0.25) is 9.69 Å². The molecule has 2 amide bonds. The molecule has 0 aromatic rings. The lowest BCUT2D eigenvalue weighted by atomic mass is 10.2. The molecular weight excluding hydrogens is 244 g/mol. The lowest BCUT2D eigenvalue weighted by Crippen LogP contribution is -2.47. The number of carbonyl (C=O) groups excluding carboxylic acids is 2. The fourth-order valence-corrected chi connectivity index (χ4v) is 2.08.